The Balaban J connectivity index is 1.28. The van der Waals surface area contributed by atoms with E-state index in [4.69, 9.17) is 14.1 Å². The van der Waals surface area contributed by atoms with Gasteiger partial charge in [-0.2, -0.15) is 5.26 Å². The molecule has 9 rings (SSSR count). The van der Waals surface area contributed by atoms with Crippen molar-refractivity contribution in [3.05, 3.63) is 138 Å². The fraction of sp³-hybridized carbons (Fsp3) is 0. The molecule has 6 nitrogen and oxygen atoms in total. The van der Waals surface area contributed by atoms with E-state index >= 15 is 8.78 Å². The monoisotopic (exact) mass is 650 g/mol. The first-order chi connectivity index (χ1) is 23.9. The second-order valence-electron chi connectivity index (χ2n) is 11.4. The summed E-state index contributed by atoms with van der Waals surface area (Å²) in [6, 6.07) is 33.5. The van der Waals surface area contributed by atoms with E-state index in [2.05, 4.69) is 9.97 Å². The molecule has 49 heavy (non-hydrogen) atoms. The molecule has 0 radical (unpaired) electrons. The molecule has 0 aliphatic heterocycles. The van der Waals surface area contributed by atoms with Crippen molar-refractivity contribution in [2.75, 3.05) is 0 Å². The lowest BCUT2D eigenvalue weighted by Crippen LogP contribution is -2.04. The van der Waals surface area contributed by atoms with E-state index in [1.165, 1.54) is 24.3 Å². The molecule has 0 N–H and O–H groups in total. The van der Waals surface area contributed by atoms with Crippen molar-refractivity contribution in [2.24, 2.45) is 0 Å². The summed E-state index contributed by atoms with van der Waals surface area (Å²) in [5.41, 5.74) is 3.72. The zero-order valence-corrected chi connectivity index (χ0v) is 25.0. The minimum absolute atomic E-state index is 0.115. The molecule has 0 fully saturated rings. The molecule has 0 saturated heterocycles. The number of oxazole rings is 2. The highest BCUT2D eigenvalue weighted by Crippen LogP contribution is 2.39. The van der Waals surface area contributed by atoms with Gasteiger partial charge in [0.25, 0.3) is 0 Å². The highest BCUT2D eigenvalue weighted by molar-refractivity contribution is 6.11. The van der Waals surface area contributed by atoms with Crippen molar-refractivity contribution < 1.29 is 26.4 Å². The number of aromatic nitrogens is 3. The minimum atomic E-state index is -1.75. The van der Waals surface area contributed by atoms with Gasteiger partial charge in [-0.05, 0) is 78.4 Å². The van der Waals surface area contributed by atoms with Crippen molar-refractivity contribution >= 4 is 44.0 Å². The van der Waals surface area contributed by atoms with Crippen LogP contribution in [0.3, 0.4) is 0 Å². The summed E-state index contributed by atoms with van der Waals surface area (Å²) in [7, 11) is 0. The largest absolute Gasteiger partial charge is 0.436 e. The molecule has 0 aliphatic carbocycles. The number of rotatable bonds is 4. The SMILES string of the molecule is N#Cc1c(F)c(F)c(-c2cccc(-n3c4ccc(-c5nc6ccccc6o5)cc4c4cc(-c5nc6ccccc6o5)ccc43)c2)c(F)c1F. The van der Waals surface area contributed by atoms with Gasteiger partial charge in [0.1, 0.15) is 22.7 Å². The van der Waals surface area contributed by atoms with Crippen LogP contribution >= 0.6 is 0 Å². The van der Waals surface area contributed by atoms with Gasteiger partial charge in [-0.3, -0.25) is 0 Å². The van der Waals surface area contributed by atoms with Gasteiger partial charge in [0.05, 0.1) is 16.6 Å². The minimum Gasteiger partial charge on any atom is -0.436 e. The number of nitriles is 1. The molecule has 10 heteroatoms. The van der Waals surface area contributed by atoms with E-state index < -0.39 is 34.4 Å². The lowest BCUT2D eigenvalue weighted by molar-refractivity contribution is 0.454. The van der Waals surface area contributed by atoms with Gasteiger partial charge in [0, 0.05) is 27.6 Å². The lowest BCUT2D eigenvalue weighted by Gasteiger charge is -2.13. The highest BCUT2D eigenvalue weighted by atomic mass is 19.2. The standard InChI is InChI=1S/C39H18F4N4O2/c40-34-26(19-44)35(41)37(43)33(36(34)42)20-6-5-7-23(16-20)47-29-14-12-21(38-45-27-8-1-3-10-31(27)48-38)17-24(29)25-18-22(13-15-30(25)47)39-46-28-9-2-4-11-32(28)49-39/h1-18H. The summed E-state index contributed by atoms with van der Waals surface area (Å²) >= 11 is 0. The Morgan fingerprint density at radius 1 is 0.551 bits per heavy atom. The van der Waals surface area contributed by atoms with Gasteiger partial charge in [-0.1, -0.05) is 36.4 Å². The van der Waals surface area contributed by atoms with Crippen molar-refractivity contribution in [1.82, 2.24) is 14.5 Å². The molecule has 0 aliphatic rings. The molecule has 9 aromatic rings. The molecule has 0 atom stereocenters. The van der Waals surface area contributed by atoms with Crippen LogP contribution < -0.4 is 0 Å². The van der Waals surface area contributed by atoms with E-state index in [1.807, 2.05) is 89.5 Å². The third kappa shape index (κ3) is 4.33. The maximum Gasteiger partial charge on any atom is 0.227 e. The molecule has 0 unspecified atom stereocenters. The van der Waals surface area contributed by atoms with E-state index in [0.29, 0.717) is 39.7 Å². The molecule has 0 spiro atoms. The Labute approximate surface area is 273 Å². The van der Waals surface area contributed by atoms with E-state index in [9.17, 15) is 8.78 Å². The number of fused-ring (bicyclic) bond motifs is 5. The smallest absolute Gasteiger partial charge is 0.227 e. The molecule has 0 bridgehead atoms. The number of hydrogen-bond donors (Lipinski definition) is 0. The first kappa shape index (κ1) is 28.5. The van der Waals surface area contributed by atoms with Crippen LogP contribution in [0.2, 0.25) is 0 Å². The van der Waals surface area contributed by atoms with Crippen LogP contribution in [0.4, 0.5) is 17.6 Å². The molecular formula is C39H18F4N4O2. The molecule has 6 aromatic carbocycles. The Bertz CT molecular complexity index is 2640. The maximum atomic E-state index is 15.2. The Morgan fingerprint density at radius 2 is 1.08 bits per heavy atom. The van der Waals surface area contributed by atoms with Crippen LogP contribution in [-0.2, 0) is 0 Å². The number of nitrogens with zero attached hydrogens (tertiary/aromatic N) is 4. The molecule has 0 saturated carbocycles. The van der Waals surface area contributed by atoms with Crippen LogP contribution in [0.1, 0.15) is 5.56 Å². The van der Waals surface area contributed by atoms with Crippen LogP contribution in [0.25, 0.3) is 83.7 Å². The van der Waals surface area contributed by atoms with Crippen LogP contribution in [0.15, 0.2) is 118 Å². The lowest BCUT2D eigenvalue weighted by atomic mass is 10.0. The van der Waals surface area contributed by atoms with E-state index in [1.54, 1.807) is 6.07 Å². The van der Waals surface area contributed by atoms with Gasteiger partial charge in [-0.25, -0.2) is 27.5 Å². The molecule has 234 valence electrons. The average Bonchev–Trinajstić information content (AvgIpc) is 3.85. The van der Waals surface area contributed by atoms with E-state index in [0.717, 1.165) is 32.9 Å². The second-order valence-corrected chi connectivity index (χ2v) is 11.4. The Hall–Kier alpha value is -6.73. The topological polar surface area (TPSA) is 80.8 Å². The summed E-state index contributed by atoms with van der Waals surface area (Å²) in [5.74, 6) is -5.95. The van der Waals surface area contributed by atoms with Gasteiger partial charge >= 0.3 is 0 Å². The van der Waals surface area contributed by atoms with Crippen LogP contribution in [0, 0.1) is 34.6 Å². The fourth-order valence-corrected chi connectivity index (χ4v) is 6.34. The number of benzene rings is 6. The summed E-state index contributed by atoms with van der Waals surface area (Å²) in [5, 5.41) is 10.6. The third-order valence-electron chi connectivity index (χ3n) is 8.61. The average molecular weight is 651 g/mol. The van der Waals surface area contributed by atoms with Crippen LogP contribution in [-0.4, -0.2) is 14.5 Å². The normalized spacial score (nSPS) is 11.7. The highest BCUT2D eigenvalue weighted by Gasteiger charge is 2.27. The summed E-state index contributed by atoms with van der Waals surface area (Å²) < 4.78 is 73.6. The summed E-state index contributed by atoms with van der Waals surface area (Å²) in [6.45, 7) is 0. The van der Waals surface area contributed by atoms with Gasteiger partial charge in [0.15, 0.2) is 34.4 Å². The summed E-state index contributed by atoms with van der Waals surface area (Å²) in [6.07, 6.45) is 0. The predicted molar refractivity (Wildman–Crippen MR) is 177 cm³/mol. The number of hydrogen-bond acceptors (Lipinski definition) is 5. The molecule has 0 amide bonds. The quantitative estimate of drug-likeness (QED) is 0.140. The van der Waals surface area contributed by atoms with Crippen molar-refractivity contribution in [1.29, 1.82) is 5.26 Å². The first-order valence-corrected chi connectivity index (χ1v) is 15.1. The first-order valence-electron chi connectivity index (χ1n) is 15.1. The maximum absolute atomic E-state index is 15.2. The molecule has 3 heterocycles. The molecular weight excluding hydrogens is 632 g/mol. The summed E-state index contributed by atoms with van der Waals surface area (Å²) in [4.78, 5) is 9.32. The number of para-hydroxylation sites is 4. The fourth-order valence-electron chi connectivity index (χ4n) is 6.34. The van der Waals surface area contributed by atoms with Gasteiger partial charge in [0.2, 0.25) is 11.8 Å². The second kappa shape index (κ2) is 10.7. The van der Waals surface area contributed by atoms with Crippen molar-refractivity contribution in [3.8, 4) is 45.8 Å². The predicted octanol–water partition coefficient (Wildman–Crippen LogP) is 10.5. The molecule has 3 aromatic heterocycles. The zero-order valence-electron chi connectivity index (χ0n) is 25.0. The van der Waals surface area contributed by atoms with Crippen LogP contribution in [0.5, 0.6) is 0 Å². The zero-order chi connectivity index (χ0) is 33.4. The van der Waals surface area contributed by atoms with Gasteiger partial charge in [-0.15, -0.1) is 0 Å². The third-order valence-corrected chi connectivity index (χ3v) is 8.61. The van der Waals surface area contributed by atoms with Gasteiger partial charge < -0.3 is 13.4 Å². The Morgan fingerprint density at radius 3 is 1.59 bits per heavy atom. The number of halogens is 4. The van der Waals surface area contributed by atoms with Crippen molar-refractivity contribution in [3.63, 3.8) is 0 Å². The Kier molecular flexibility index (Phi) is 6.19. The van der Waals surface area contributed by atoms with E-state index in [-0.39, 0.29) is 5.56 Å². The van der Waals surface area contributed by atoms with Crippen molar-refractivity contribution in [2.45, 2.75) is 0 Å².